The van der Waals surface area contributed by atoms with Crippen LogP contribution in [-0.2, 0) is 6.54 Å². The first kappa shape index (κ1) is 10.8. The van der Waals surface area contributed by atoms with Crippen molar-refractivity contribution in [2.75, 3.05) is 0 Å². The number of nitrogens with two attached hydrogens (primary N) is 1. The Morgan fingerprint density at radius 3 is 2.50 bits per heavy atom. The summed E-state index contributed by atoms with van der Waals surface area (Å²) in [7, 11) is 0. The molecule has 0 aliphatic rings. The summed E-state index contributed by atoms with van der Waals surface area (Å²) in [6, 6.07) is 11.7. The standard InChI is InChI=1S/C10H10N2O.ClH/c11-7-9-6-10(12-13-9)8-4-2-1-3-5-8;/h1-6H,7,11H2;1H. The molecule has 1 aromatic carbocycles. The highest BCUT2D eigenvalue weighted by Gasteiger charge is 2.03. The van der Waals surface area contributed by atoms with Crippen LogP contribution in [-0.4, -0.2) is 5.16 Å². The van der Waals surface area contributed by atoms with Gasteiger partial charge in [0.25, 0.3) is 0 Å². The molecule has 0 aliphatic heterocycles. The highest BCUT2D eigenvalue weighted by molar-refractivity contribution is 5.85. The van der Waals surface area contributed by atoms with Gasteiger partial charge in [0, 0.05) is 11.6 Å². The number of hydrogen-bond donors (Lipinski definition) is 1. The molecule has 0 atom stereocenters. The van der Waals surface area contributed by atoms with E-state index in [0.29, 0.717) is 12.3 Å². The molecule has 1 aromatic heterocycles. The van der Waals surface area contributed by atoms with Gasteiger partial charge in [0.15, 0.2) is 5.76 Å². The van der Waals surface area contributed by atoms with Crippen molar-refractivity contribution in [3.05, 3.63) is 42.2 Å². The van der Waals surface area contributed by atoms with Gasteiger partial charge in [0.05, 0.1) is 6.54 Å². The molecule has 0 unspecified atom stereocenters. The minimum Gasteiger partial charge on any atom is -0.359 e. The summed E-state index contributed by atoms with van der Waals surface area (Å²) in [5.74, 6) is 0.707. The van der Waals surface area contributed by atoms with E-state index in [4.69, 9.17) is 10.3 Å². The fourth-order valence-electron chi connectivity index (χ4n) is 1.15. The van der Waals surface area contributed by atoms with Crippen molar-refractivity contribution in [3.8, 4) is 11.3 Å². The van der Waals surface area contributed by atoms with Crippen LogP contribution in [0.2, 0.25) is 0 Å². The zero-order valence-corrected chi connectivity index (χ0v) is 8.33. The predicted octanol–water partition coefficient (Wildman–Crippen LogP) is 2.22. The third-order valence-electron chi connectivity index (χ3n) is 1.83. The van der Waals surface area contributed by atoms with Crippen LogP contribution in [0.4, 0.5) is 0 Å². The van der Waals surface area contributed by atoms with Gasteiger partial charge in [0.2, 0.25) is 0 Å². The molecule has 0 spiro atoms. The molecule has 0 radical (unpaired) electrons. The van der Waals surface area contributed by atoms with Gasteiger partial charge >= 0.3 is 0 Å². The van der Waals surface area contributed by atoms with E-state index < -0.39 is 0 Å². The number of benzene rings is 1. The molecule has 0 bridgehead atoms. The van der Waals surface area contributed by atoms with Crippen molar-refractivity contribution in [2.24, 2.45) is 5.73 Å². The molecule has 4 heteroatoms. The molecule has 2 N–H and O–H groups in total. The smallest absolute Gasteiger partial charge is 0.150 e. The average molecular weight is 211 g/mol. The molecule has 2 rings (SSSR count). The minimum absolute atomic E-state index is 0. The average Bonchev–Trinajstić information content (AvgIpc) is 2.67. The minimum atomic E-state index is 0. The third kappa shape index (κ3) is 2.13. The molecule has 0 fully saturated rings. The summed E-state index contributed by atoms with van der Waals surface area (Å²) in [6.07, 6.45) is 0. The van der Waals surface area contributed by atoms with Gasteiger partial charge in [-0.05, 0) is 0 Å². The highest BCUT2D eigenvalue weighted by Crippen LogP contribution is 2.17. The van der Waals surface area contributed by atoms with Crippen LogP contribution in [0.3, 0.4) is 0 Å². The van der Waals surface area contributed by atoms with Crippen LogP contribution in [0.25, 0.3) is 11.3 Å². The molecule has 0 amide bonds. The SMILES string of the molecule is Cl.NCc1cc(-c2ccccc2)no1. The number of aromatic nitrogens is 1. The molecule has 1 heterocycles. The lowest BCUT2D eigenvalue weighted by molar-refractivity contribution is 0.387. The maximum absolute atomic E-state index is 5.41. The molecular formula is C10H11ClN2O. The van der Waals surface area contributed by atoms with Crippen molar-refractivity contribution in [3.63, 3.8) is 0 Å². The summed E-state index contributed by atoms with van der Waals surface area (Å²) in [4.78, 5) is 0. The number of rotatable bonds is 2. The fourth-order valence-corrected chi connectivity index (χ4v) is 1.15. The van der Waals surface area contributed by atoms with Crippen molar-refractivity contribution >= 4 is 12.4 Å². The van der Waals surface area contributed by atoms with E-state index in [0.717, 1.165) is 11.3 Å². The first-order chi connectivity index (χ1) is 6.40. The normalized spacial score (nSPS) is 9.50. The Hall–Kier alpha value is -1.32. The molecule has 14 heavy (non-hydrogen) atoms. The second-order valence-electron chi connectivity index (χ2n) is 2.75. The van der Waals surface area contributed by atoms with Crippen molar-refractivity contribution in [2.45, 2.75) is 6.54 Å². The van der Waals surface area contributed by atoms with Crippen molar-refractivity contribution in [1.82, 2.24) is 5.16 Å². The van der Waals surface area contributed by atoms with Crippen molar-refractivity contribution in [1.29, 1.82) is 0 Å². The lowest BCUT2D eigenvalue weighted by Crippen LogP contribution is -1.92. The van der Waals surface area contributed by atoms with Crippen LogP contribution < -0.4 is 5.73 Å². The number of nitrogens with zero attached hydrogens (tertiary/aromatic N) is 1. The Balaban J connectivity index is 0.000000980. The van der Waals surface area contributed by atoms with Gasteiger partial charge in [-0.3, -0.25) is 0 Å². The summed E-state index contributed by atoms with van der Waals surface area (Å²) in [5, 5.41) is 3.90. The topological polar surface area (TPSA) is 52.0 Å². The zero-order chi connectivity index (χ0) is 9.10. The summed E-state index contributed by atoms with van der Waals surface area (Å²) < 4.78 is 4.99. The maximum atomic E-state index is 5.41. The number of halogens is 1. The van der Waals surface area contributed by atoms with Gasteiger partial charge in [-0.15, -0.1) is 12.4 Å². The molecular weight excluding hydrogens is 200 g/mol. The van der Waals surface area contributed by atoms with Gasteiger partial charge in [-0.25, -0.2) is 0 Å². The molecule has 0 aliphatic carbocycles. The Morgan fingerprint density at radius 1 is 1.21 bits per heavy atom. The summed E-state index contributed by atoms with van der Waals surface area (Å²) in [5.41, 5.74) is 7.29. The fraction of sp³-hybridized carbons (Fsp3) is 0.100. The van der Waals surface area contributed by atoms with Crippen LogP contribution in [0.1, 0.15) is 5.76 Å². The van der Waals surface area contributed by atoms with Crippen LogP contribution in [0.5, 0.6) is 0 Å². The first-order valence-corrected chi connectivity index (χ1v) is 4.11. The lowest BCUT2D eigenvalue weighted by atomic mass is 10.1. The Morgan fingerprint density at radius 2 is 1.93 bits per heavy atom. The van der Waals surface area contributed by atoms with E-state index in [9.17, 15) is 0 Å². The van der Waals surface area contributed by atoms with Gasteiger partial charge < -0.3 is 10.3 Å². The van der Waals surface area contributed by atoms with E-state index >= 15 is 0 Å². The van der Waals surface area contributed by atoms with Crippen molar-refractivity contribution < 1.29 is 4.52 Å². The third-order valence-corrected chi connectivity index (χ3v) is 1.83. The van der Waals surface area contributed by atoms with E-state index in [1.807, 2.05) is 36.4 Å². The first-order valence-electron chi connectivity index (χ1n) is 4.11. The molecule has 0 saturated heterocycles. The van der Waals surface area contributed by atoms with Crippen LogP contribution >= 0.6 is 12.4 Å². The Kier molecular flexibility index (Phi) is 3.68. The lowest BCUT2D eigenvalue weighted by Gasteiger charge is -1.91. The van der Waals surface area contributed by atoms with E-state index in [1.54, 1.807) is 0 Å². The largest absolute Gasteiger partial charge is 0.359 e. The van der Waals surface area contributed by atoms with Gasteiger partial charge in [0.1, 0.15) is 5.69 Å². The molecule has 2 aromatic rings. The molecule has 74 valence electrons. The predicted molar refractivity (Wildman–Crippen MR) is 57.1 cm³/mol. The quantitative estimate of drug-likeness (QED) is 0.827. The Labute approximate surface area is 88.3 Å². The van der Waals surface area contributed by atoms with E-state index in [-0.39, 0.29) is 12.4 Å². The van der Waals surface area contributed by atoms with E-state index in [1.165, 1.54) is 0 Å². The summed E-state index contributed by atoms with van der Waals surface area (Å²) >= 11 is 0. The highest BCUT2D eigenvalue weighted by atomic mass is 35.5. The van der Waals surface area contributed by atoms with Gasteiger partial charge in [-0.2, -0.15) is 0 Å². The number of hydrogen-bond acceptors (Lipinski definition) is 3. The van der Waals surface area contributed by atoms with Crippen LogP contribution in [0, 0.1) is 0 Å². The Bertz CT molecular complexity index is 386. The molecule has 0 saturated carbocycles. The second-order valence-corrected chi connectivity index (χ2v) is 2.75. The monoisotopic (exact) mass is 210 g/mol. The van der Waals surface area contributed by atoms with Crippen LogP contribution in [0.15, 0.2) is 40.9 Å². The maximum Gasteiger partial charge on any atom is 0.150 e. The van der Waals surface area contributed by atoms with Gasteiger partial charge in [-0.1, -0.05) is 35.5 Å². The molecule has 3 nitrogen and oxygen atoms in total. The summed E-state index contributed by atoms with van der Waals surface area (Å²) in [6.45, 7) is 0.389. The zero-order valence-electron chi connectivity index (χ0n) is 7.51. The van der Waals surface area contributed by atoms with E-state index in [2.05, 4.69) is 5.16 Å². The second kappa shape index (κ2) is 4.79.